The van der Waals surface area contributed by atoms with E-state index in [0.29, 0.717) is 5.92 Å². The Morgan fingerprint density at radius 2 is 2.31 bits per heavy atom. The molecule has 0 spiro atoms. The van der Waals surface area contributed by atoms with Crippen molar-refractivity contribution in [2.75, 3.05) is 33.4 Å². The molecule has 1 amide bonds. The highest BCUT2D eigenvalue weighted by molar-refractivity contribution is 5.77. The van der Waals surface area contributed by atoms with Gasteiger partial charge in [0, 0.05) is 20.2 Å². The number of carbonyl (C=O) groups is 1. The Labute approximate surface area is 97.9 Å². The van der Waals surface area contributed by atoms with E-state index in [4.69, 9.17) is 9.47 Å². The van der Waals surface area contributed by atoms with E-state index in [-0.39, 0.29) is 18.6 Å². The monoisotopic (exact) mass is 229 g/mol. The zero-order valence-corrected chi connectivity index (χ0v) is 10.6. The Kier molecular flexibility index (Phi) is 5.77. The van der Waals surface area contributed by atoms with Crippen molar-refractivity contribution < 1.29 is 14.3 Å². The number of hydrogen-bond donors (Lipinski definition) is 0. The number of ether oxygens (including phenoxy) is 2. The average molecular weight is 229 g/mol. The number of nitrogens with zero attached hydrogens (tertiary/aromatic N) is 1. The summed E-state index contributed by atoms with van der Waals surface area (Å²) in [6, 6.07) is 0. The highest BCUT2D eigenvalue weighted by atomic mass is 16.5. The van der Waals surface area contributed by atoms with Crippen LogP contribution >= 0.6 is 0 Å². The van der Waals surface area contributed by atoms with Crippen LogP contribution in [0.3, 0.4) is 0 Å². The number of amides is 1. The molecule has 1 unspecified atom stereocenters. The summed E-state index contributed by atoms with van der Waals surface area (Å²) in [5, 5.41) is 0. The molecule has 1 rings (SSSR count). The lowest BCUT2D eigenvalue weighted by Crippen LogP contribution is -2.37. The molecule has 1 aliphatic rings. The Bertz CT molecular complexity index is 212. The highest BCUT2D eigenvalue weighted by Gasteiger charge is 2.18. The van der Waals surface area contributed by atoms with Crippen LogP contribution in [0, 0.1) is 5.92 Å². The van der Waals surface area contributed by atoms with Crippen molar-refractivity contribution in [3.8, 4) is 0 Å². The van der Waals surface area contributed by atoms with Crippen molar-refractivity contribution in [3.05, 3.63) is 0 Å². The van der Waals surface area contributed by atoms with Gasteiger partial charge in [0.15, 0.2) is 0 Å². The molecule has 16 heavy (non-hydrogen) atoms. The van der Waals surface area contributed by atoms with E-state index in [1.165, 1.54) is 0 Å². The van der Waals surface area contributed by atoms with Gasteiger partial charge in [-0.2, -0.15) is 0 Å². The van der Waals surface area contributed by atoms with Crippen molar-refractivity contribution in [2.45, 2.75) is 32.8 Å². The van der Waals surface area contributed by atoms with E-state index in [9.17, 15) is 4.79 Å². The van der Waals surface area contributed by atoms with Gasteiger partial charge in [-0.3, -0.25) is 4.79 Å². The van der Waals surface area contributed by atoms with Crippen molar-refractivity contribution >= 4 is 5.91 Å². The minimum atomic E-state index is 0.0549. The molecule has 94 valence electrons. The molecule has 4 heteroatoms. The third kappa shape index (κ3) is 4.94. The molecule has 1 fully saturated rings. The van der Waals surface area contributed by atoms with Crippen LogP contribution in [0.4, 0.5) is 0 Å². The first-order valence-corrected chi connectivity index (χ1v) is 6.03. The molecule has 0 aromatic rings. The van der Waals surface area contributed by atoms with Crippen molar-refractivity contribution in [1.82, 2.24) is 4.90 Å². The molecule has 1 atom stereocenters. The van der Waals surface area contributed by atoms with Gasteiger partial charge < -0.3 is 14.4 Å². The Balaban J connectivity index is 2.21. The van der Waals surface area contributed by atoms with Gasteiger partial charge in [-0.1, -0.05) is 0 Å². The predicted octanol–water partition coefficient (Wildman–Crippen LogP) is 1.30. The fourth-order valence-corrected chi connectivity index (χ4v) is 1.79. The van der Waals surface area contributed by atoms with Crippen LogP contribution < -0.4 is 0 Å². The summed E-state index contributed by atoms with van der Waals surface area (Å²) in [5.41, 5.74) is 0. The van der Waals surface area contributed by atoms with Gasteiger partial charge in [-0.25, -0.2) is 0 Å². The lowest BCUT2D eigenvalue weighted by atomic mass is 10.0. The summed E-state index contributed by atoms with van der Waals surface area (Å²) >= 11 is 0. The van der Waals surface area contributed by atoms with Crippen LogP contribution in [0.2, 0.25) is 0 Å². The number of likely N-dealkylation sites (N-methyl/N-ethyl adjacent to an activating group) is 1. The minimum absolute atomic E-state index is 0.0549. The first-order chi connectivity index (χ1) is 7.59. The van der Waals surface area contributed by atoms with Crippen molar-refractivity contribution in [2.24, 2.45) is 5.92 Å². The fourth-order valence-electron chi connectivity index (χ4n) is 1.79. The third-order valence-electron chi connectivity index (χ3n) is 2.75. The van der Waals surface area contributed by atoms with Crippen molar-refractivity contribution in [1.29, 1.82) is 0 Å². The number of carbonyl (C=O) groups excluding carboxylic acids is 1. The summed E-state index contributed by atoms with van der Waals surface area (Å²) < 4.78 is 10.7. The number of rotatable bonds is 5. The SMILES string of the molecule is CC(C)OCC(=O)N(C)CC1CCCOC1. The zero-order valence-electron chi connectivity index (χ0n) is 10.6. The lowest BCUT2D eigenvalue weighted by Gasteiger charge is -2.27. The largest absolute Gasteiger partial charge is 0.381 e. The van der Waals surface area contributed by atoms with Crippen LogP contribution in [-0.2, 0) is 14.3 Å². The van der Waals surface area contributed by atoms with E-state index < -0.39 is 0 Å². The normalized spacial score (nSPS) is 21.1. The molecule has 0 saturated carbocycles. The van der Waals surface area contributed by atoms with E-state index in [1.54, 1.807) is 4.90 Å². The molecule has 0 N–H and O–H groups in total. The van der Waals surface area contributed by atoms with Crippen LogP contribution in [0.15, 0.2) is 0 Å². The molecule has 0 aromatic carbocycles. The first-order valence-electron chi connectivity index (χ1n) is 6.03. The quantitative estimate of drug-likeness (QED) is 0.713. The second kappa shape index (κ2) is 6.86. The second-order valence-corrected chi connectivity index (χ2v) is 4.72. The maximum absolute atomic E-state index is 11.7. The summed E-state index contributed by atoms with van der Waals surface area (Å²) in [7, 11) is 1.83. The van der Waals surface area contributed by atoms with E-state index in [2.05, 4.69) is 0 Å². The maximum Gasteiger partial charge on any atom is 0.248 e. The number of hydrogen-bond acceptors (Lipinski definition) is 3. The minimum Gasteiger partial charge on any atom is -0.381 e. The van der Waals surface area contributed by atoms with Gasteiger partial charge in [0.2, 0.25) is 5.91 Å². The van der Waals surface area contributed by atoms with E-state index in [0.717, 1.165) is 32.6 Å². The Hall–Kier alpha value is -0.610. The van der Waals surface area contributed by atoms with Crippen LogP contribution in [-0.4, -0.2) is 50.3 Å². The third-order valence-corrected chi connectivity index (χ3v) is 2.75. The van der Waals surface area contributed by atoms with Gasteiger partial charge in [0.1, 0.15) is 6.61 Å². The molecule has 4 nitrogen and oxygen atoms in total. The molecule has 0 radical (unpaired) electrons. The van der Waals surface area contributed by atoms with E-state index >= 15 is 0 Å². The van der Waals surface area contributed by atoms with Gasteiger partial charge in [-0.15, -0.1) is 0 Å². The average Bonchev–Trinajstić information content (AvgIpc) is 2.27. The molecule has 0 aromatic heterocycles. The second-order valence-electron chi connectivity index (χ2n) is 4.72. The Morgan fingerprint density at radius 1 is 1.56 bits per heavy atom. The van der Waals surface area contributed by atoms with Crippen LogP contribution in [0.5, 0.6) is 0 Å². The standard InChI is InChI=1S/C12H23NO3/c1-10(2)16-9-12(14)13(3)7-11-5-4-6-15-8-11/h10-11H,4-9H2,1-3H3. The smallest absolute Gasteiger partial charge is 0.248 e. The van der Waals surface area contributed by atoms with Crippen LogP contribution in [0.1, 0.15) is 26.7 Å². The molecular formula is C12H23NO3. The summed E-state index contributed by atoms with van der Waals surface area (Å²) in [6.07, 6.45) is 2.37. The Morgan fingerprint density at radius 3 is 2.88 bits per heavy atom. The topological polar surface area (TPSA) is 38.8 Å². The molecule has 1 heterocycles. The maximum atomic E-state index is 11.7. The molecule has 0 bridgehead atoms. The first kappa shape index (κ1) is 13.5. The zero-order chi connectivity index (χ0) is 12.0. The van der Waals surface area contributed by atoms with Gasteiger partial charge in [-0.05, 0) is 32.6 Å². The summed E-state index contributed by atoms with van der Waals surface area (Å²) in [5.74, 6) is 0.543. The lowest BCUT2D eigenvalue weighted by molar-refractivity contribution is -0.137. The molecule has 0 aliphatic carbocycles. The molecule has 1 saturated heterocycles. The molecular weight excluding hydrogens is 206 g/mol. The summed E-state index contributed by atoms with van der Waals surface area (Å²) in [4.78, 5) is 13.4. The van der Waals surface area contributed by atoms with Crippen molar-refractivity contribution in [3.63, 3.8) is 0 Å². The van der Waals surface area contributed by atoms with E-state index in [1.807, 2.05) is 20.9 Å². The van der Waals surface area contributed by atoms with Gasteiger partial charge in [0.25, 0.3) is 0 Å². The van der Waals surface area contributed by atoms with Crippen LogP contribution in [0.25, 0.3) is 0 Å². The van der Waals surface area contributed by atoms with Gasteiger partial charge in [0.05, 0.1) is 12.7 Å². The fraction of sp³-hybridized carbons (Fsp3) is 0.917. The summed E-state index contributed by atoms with van der Waals surface area (Å²) in [6.45, 7) is 6.47. The van der Waals surface area contributed by atoms with Gasteiger partial charge >= 0.3 is 0 Å². The predicted molar refractivity (Wildman–Crippen MR) is 62.3 cm³/mol. The highest BCUT2D eigenvalue weighted by Crippen LogP contribution is 2.14. The molecule has 1 aliphatic heterocycles.